The van der Waals surface area contributed by atoms with Crippen LogP contribution in [0.15, 0.2) is 6.20 Å². The molecule has 0 N–H and O–H groups in total. The van der Waals surface area contributed by atoms with E-state index in [2.05, 4.69) is 28.5 Å². The van der Waals surface area contributed by atoms with Crippen LogP contribution in [-0.2, 0) is 16.1 Å². The average molecular weight is 242 g/mol. The van der Waals surface area contributed by atoms with E-state index in [9.17, 15) is 4.79 Å². The van der Waals surface area contributed by atoms with Gasteiger partial charge in [0.1, 0.15) is 0 Å². The van der Waals surface area contributed by atoms with Crippen molar-refractivity contribution in [3.05, 3.63) is 16.1 Å². The van der Waals surface area contributed by atoms with Crippen LogP contribution in [0.25, 0.3) is 0 Å². The summed E-state index contributed by atoms with van der Waals surface area (Å²) in [7, 11) is 1.41. The summed E-state index contributed by atoms with van der Waals surface area (Å²) in [6.07, 6.45) is 1.87. The Balaban J connectivity index is 2.61. The van der Waals surface area contributed by atoms with Crippen molar-refractivity contribution in [1.29, 1.82) is 0 Å². The molecular formula is C11H18N2O2S. The van der Waals surface area contributed by atoms with E-state index in [1.807, 2.05) is 13.1 Å². The van der Waals surface area contributed by atoms with Crippen LogP contribution < -0.4 is 0 Å². The van der Waals surface area contributed by atoms with Crippen molar-refractivity contribution in [2.75, 3.05) is 13.7 Å². The largest absolute Gasteiger partial charge is 0.468 e. The smallest absolute Gasteiger partial charge is 0.319 e. The molecule has 0 fully saturated rings. The van der Waals surface area contributed by atoms with Crippen molar-refractivity contribution < 1.29 is 9.53 Å². The van der Waals surface area contributed by atoms with Gasteiger partial charge in [-0.2, -0.15) is 0 Å². The Morgan fingerprint density at radius 3 is 2.75 bits per heavy atom. The molecule has 0 saturated heterocycles. The summed E-state index contributed by atoms with van der Waals surface area (Å²) >= 11 is 1.66. The minimum absolute atomic E-state index is 0.199. The zero-order valence-electron chi connectivity index (χ0n) is 10.2. The standard InChI is InChI=1S/C11H18N2O2S/c1-8(2)13(7-11(14)15-4)6-10-5-12-9(3)16-10/h5,8H,6-7H2,1-4H3. The Labute approximate surface area is 100 Å². The molecule has 0 unspecified atom stereocenters. The summed E-state index contributed by atoms with van der Waals surface area (Å²) in [5, 5.41) is 1.05. The Morgan fingerprint density at radius 2 is 2.31 bits per heavy atom. The molecule has 1 heterocycles. The Kier molecular flexibility index (Phi) is 4.89. The highest BCUT2D eigenvalue weighted by molar-refractivity contribution is 7.11. The second kappa shape index (κ2) is 5.96. The van der Waals surface area contributed by atoms with Gasteiger partial charge in [0.2, 0.25) is 0 Å². The lowest BCUT2D eigenvalue weighted by Gasteiger charge is -2.24. The molecule has 0 aromatic carbocycles. The fraction of sp³-hybridized carbons (Fsp3) is 0.636. The maximum atomic E-state index is 11.2. The molecule has 0 aliphatic carbocycles. The van der Waals surface area contributed by atoms with Gasteiger partial charge in [-0.1, -0.05) is 0 Å². The number of aryl methyl sites for hydroxylation is 1. The van der Waals surface area contributed by atoms with Gasteiger partial charge in [0.15, 0.2) is 0 Å². The predicted octanol–water partition coefficient (Wildman–Crippen LogP) is 1.83. The molecule has 0 aliphatic rings. The highest BCUT2D eigenvalue weighted by Gasteiger charge is 2.15. The molecule has 90 valence electrons. The summed E-state index contributed by atoms with van der Waals surface area (Å²) in [4.78, 5) is 18.7. The molecule has 1 aromatic heterocycles. The summed E-state index contributed by atoms with van der Waals surface area (Å²) in [6, 6.07) is 0.307. The van der Waals surface area contributed by atoms with E-state index < -0.39 is 0 Å². The van der Waals surface area contributed by atoms with Gasteiger partial charge in [-0.3, -0.25) is 9.69 Å². The molecule has 0 saturated carbocycles. The molecule has 1 aromatic rings. The molecular weight excluding hydrogens is 224 g/mol. The fourth-order valence-electron chi connectivity index (χ4n) is 1.33. The molecule has 0 atom stereocenters. The zero-order chi connectivity index (χ0) is 12.1. The van der Waals surface area contributed by atoms with Crippen LogP contribution in [0.4, 0.5) is 0 Å². The van der Waals surface area contributed by atoms with Gasteiger partial charge >= 0.3 is 5.97 Å². The average Bonchev–Trinajstić information content (AvgIpc) is 2.62. The van der Waals surface area contributed by atoms with E-state index in [1.165, 1.54) is 12.0 Å². The highest BCUT2D eigenvalue weighted by Crippen LogP contribution is 2.15. The maximum absolute atomic E-state index is 11.2. The second-order valence-electron chi connectivity index (χ2n) is 3.92. The molecule has 5 heteroatoms. The van der Waals surface area contributed by atoms with E-state index in [0.29, 0.717) is 12.6 Å². The van der Waals surface area contributed by atoms with Crippen molar-refractivity contribution in [3.63, 3.8) is 0 Å². The van der Waals surface area contributed by atoms with Crippen molar-refractivity contribution in [2.24, 2.45) is 0 Å². The monoisotopic (exact) mass is 242 g/mol. The number of rotatable bonds is 5. The normalized spacial score (nSPS) is 11.1. The molecule has 0 radical (unpaired) electrons. The summed E-state index contributed by atoms with van der Waals surface area (Å²) in [6.45, 7) is 7.19. The topological polar surface area (TPSA) is 42.4 Å². The lowest BCUT2D eigenvalue weighted by Crippen LogP contribution is -2.35. The summed E-state index contributed by atoms with van der Waals surface area (Å²) in [5.74, 6) is -0.199. The van der Waals surface area contributed by atoms with Crippen LogP contribution in [0.5, 0.6) is 0 Å². The van der Waals surface area contributed by atoms with E-state index in [4.69, 9.17) is 0 Å². The van der Waals surface area contributed by atoms with Gasteiger partial charge in [-0.15, -0.1) is 11.3 Å². The number of hydrogen-bond donors (Lipinski definition) is 0. The Hall–Kier alpha value is -0.940. The number of carbonyl (C=O) groups excluding carboxylic acids is 1. The van der Waals surface area contributed by atoms with Gasteiger partial charge < -0.3 is 4.74 Å². The van der Waals surface area contributed by atoms with Crippen molar-refractivity contribution in [2.45, 2.75) is 33.4 Å². The second-order valence-corrected chi connectivity index (χ2v) is 5.24. The van der Waals surface area contributed by atoms with E-state index in [1.54, 1.807) is 11.3 Å². The van der Waals surface area contributed by atoms with Crippen LogP contribution in [0.2, 0.25) is 0 Å². The van der Waals surface area contributed by atoms with Gasteiger partial charge in [0.05, 0.1) is 18.7 Å². The van der Waals surface area contributed by atoms with Crippen LogP contribution in [-0.4, -0.2) is 35.5 Å². The van der Waals surface area contributed by atoms with E-state index in [0.717, 1.165) is 11.6 Å². The minimum Gasteiger partial charge on any atom is -0.468 e. The lowest BCUT2D eigenvalue weighted by molar-refractivity contribution is -0.142. The minimum atomic E-state index is -0.199. The molecule has 0 spiro atoms. The first-order valence-electron chi connectivity index (χ1n) is 5.25. The quantitative estimate of drug-likeness (QED) is 0.739. The number of methoxy groups -OCH3 is 1. The van der Waals surface area contributed by atoms with E-state index in [-0.39, 0.29) is 5.97 Å². The third-order valence-electron chi connectivity index (χ3n) is 2.32. The van der Waals surface area contributed by atoms with Gasteiger partial charge in [-0.25, -0.2) is 4.98 Å². The molecule has 0 aliphatic heterocycles. The van der Waals surface area contributed by atoms with Crippen LogP contribution >= 0.6 is 11.3 Å². The van der Waals surface area contributed by atoms with Crippen LogP contribution in [0, 0.1) is 6.92 Å². The number of hydrogen-bond acceptors (Lipinski definition) is 5. The zero-order valence-corrected chi connectivity index (χ0v) is 11.0. The molecule has 1 rings (SSSR count). The summed E-state index contributed by atoms with van der Waals surface area (Å²) < 4.78 is 4.68. The van der Waals surface area contributed by atoms with Crippen LogP contribution in [0.1, 0.15) is 23.7 Å². The Morgan fingerprint density at radius 1 is 1.62 bits per heavy atom. The number of thiazole rings is 1. The SMILES string of the molecule is COC(=O)CN(Cc1cnc(C)s1)C(C)C. The van der Waals surface area contributed by atoms with E-state index >= 15 is 0 Å². The number of nitrogens with zero attached hydrogens (tertiary/aromatic N) is 2. The first-order chi connectivity index (χ1) is 7.52. The van der Waals surface area contributed by atoms with Crippen molar-refractivity contribution in [3.8, 4) is 0 Å². The van der Waals surface area contributed by atoms with Gasteiger partial charge in [-0.05, 0) is 20.8 Å². The first-order valence-corrected chi connectivity index (χ1v) is 6.06. The number of aromatic nitrogens is 1. The summed E-state index contributed by atoms with van der Waals surface area (Å²) in [5.41, 5.74) is 0. The molecule has 16 heavy (non-hydrogen) atoms. The molecule has 0 bridgehead atoms. The maximum Gasteiger partial charge on any atom is 0.319 e. The first kappa shape index (κ1) is 13.1. The third kappa shape index (κ3) is 3.90. The van der Waals surface area contributed by atoms with Gasteiger partial charge in [0, 0.05) is 23.7 Å². The van der Waals surface area contributed by atoms with Gasteiger partial charge in [0.25, 0.3) is 0 Å². The molecule has 0 amide bonds. The van der Waals surface area contributed by atoms with Crippen LogP contribution in [0.3, 0.4) is 0 Å². The fourth-order valence-corrected chi connectivity index (χ4v) is 2.15. The third-order valence-corrected chi connectivity index (χ3v) is 3.22. The number of ether oxygens (including phenoxy) is 1. The Bertz CT molecular complexity index is 350. The highest BCUT2D eigenvalue weighted by atomic mass is 32.1. The number of esters is 1. The lowest BCUT2D eigenvalue weighted by atomic mass is 10.3. The van der Waals surface area contributed by atoms with Crippen molar-refractivity contribution in [1.82, 2.24) is 9.88 Å². The number of carbonyl (C=O) groups is 1. The van der Waals surface area contributed by atoms with Crippen molar-refractivity contribution >= 4 is 17.3 Å². The predicted molar refractivity (Wildman–Crippen MR) is 64.4 cm³/mol. The molecule has 4 nitrogen and oxygen atoms in total.